The maximum atomic E-state index is 5.92. The summed E-state index contributed by atoms with van der Waals surface area (Å²) in [6.07, 6.45) is 3.43. The Bertz CT molecular complexity index is 429. The first kappa shape index (κ1) is 12.2. The van der Waals surface area contributed by atoms with Crippen LogP contribution >= 0.6 is 0 Å². The van der Waals surface area contributed by atoms with Crippen LogP contribution in [-0.4, -0.2) is 13.1 Å². The van der Waals surface area contributed by atoms with Crippen molar-refractivity contribution >= 4 is 5.69 Å². The first-order valence-corrected chi connectivity index (χ1v) is 6.34. The van der Waals surface area contributed by atoms with Gasteiger partial charge in [0, 0.05) is 24.8 Å². The van der Waals surface area contributed by atoms with Crippen LogP contribution in [0.3, 0.4) is 0 Å². The summed E-state index contributed by atoms with van der Waals surface area (Å²) in [6, 6.07) is 6.78. The van der Waals surface area contributed by atoms with E-state index in [0.29, 0.717) is 0 Å². The molecule has 1 aliphatic heterocycles. The van der Waals surface area contributed by atoms with Crippen LogP contribution in [0.15, 0.2) is 29.8 Å². The molecule has 92 valence electrons. The summed E-state index contributed by atoms with van der Waals surface area (Å²) in [4.78, 5) is 2.44. The minimum absolute atomic E-state index is 0.132. The molecule has 1 aromatic carbocycles. The number of fused-ring (bicyclic) bond motifs is 1. The van der Waals surface area contributed by atoms with Crippen LogP contribution in [0.5, 0.6) is 0 Å². The molecule has 1 unspecified atom stereocenters. The monoisotopic (exact) mass is 230 g/mol. The predicted octanol–water partition coefficient (Wildman–Crippen LogP) is 3.04. The molecular formula is C15H22N2. The van der Waals surface area contributed by atoms with Gasteiger partial charge in [-0.25, -0.2) is 0 Å². The molecule has 2 N–H and O–H groups in total. The molecule has 0 aliphatic carbocycles. The predicted molar refractivity (Wildman–Crippen MR) is 74.4 cm³/mol. The largest absolute Gasteiger partial charge is 0.367 e. The highest BCUT2D eigenvalue weighted by Crippen LogP contribution is 2.30. The number of anilines is 1. The van der Waals surface area contributed by atoms with Crippen molar-refractivity contribution in [1.82, 2.24) is 0 Å². The molecule has 0 saturated heterocycles. The third-order valence-corrected chi connectivity index (χ3v) is 3.34. The Labute approximate surface area is 104 Å². The zero-order valence-electron chi connectivity index (χ0n) is 11.0. The van der Waals surface area contributed by atoms with Gasteiger partial charge in [0.1, 0.15) is 0 Å². The zero-order chi connectivity index (χ0) is 12.4. The second kappa shape index (κ2) is 4.92. The molecule has 17 heavy (non-hydrogen) atoms. The molecule has 0 amide bonds. The van der Waals surface area contributed by atoms with Crippen molar-refractivity contribution in [1.29, 1.82) is 0 Å². The Balaban J connectivity index is 2.19. The molecule has 0 radical (unpaired) electrons. The van der Waals surface area contributed by atoms with Crippen LogP contribution in [0.1, 0.15) is 37.9 Å². The van der Waals surface area contributed by atoms with Crippen LogP contribution in [0, 0.1) is 0 Å². The van der Waals surface area contributed by atoms with Crippen LogP contribution < -0.4 is 10.6 Å². The summed E-state index contributed by atoms with van der Waals surface area (Å²) >= 11 is 0. The minimum Gasteiger partial charge on any atom is -0.367 e. The van der Waals surface area contributed by atoms with Crippen LogP contribution in [0.4, 0.5) is 5.69 Å². The van der Waals surface area contributed by atoms with Crippen molar-refractivity contribution in [2.45, 2.75) is 33.2 Å². The molecule has 0 aromatic heterocycles. The van der Waals surface area contributed by atoms with Gasteiger partial charge in [-0.3, -0.25) is 0 Å². The Morgan fingerprint density at radius 3 is 2.88 bits per heavy atom. The highest BCUT2D eigenvalue weighted by Gasteiger charge is 2.18. The molecule has 1 aliphatic rings. The van der Waals surface area contributed by atoms with Gasteiger partial charge >= 0.3 is 0 Å². The highest BCUT2D eigenvalue weighted by atomic mass is 15.1. The maximum Gasteiger partial charge on any atom is 0.0402 e. The molecule has 1 aromatic rings. The lowest BCUT2D eigenvalue weighted by atomic mass is 10.0. The second-order valence-electron chi connectivity index (χ2n) is 5.15. The summed E-state index contributed by atoms with van der Waals surface area (Å²) in [5, 5.41) is 0. The average molecular weight is 230 g/mol. The van der Waals surface area contributed by atoms with Crippen LogP contribution in [0.2, 0.25) is 0 Å². The first-order chi connectivity index (χ1) is 8.08. The van der Waals surface area contributed by atoms with E-state index in [1.807, 2.05) is 6.92 Å². The summed E-state index contributed by atoms with van der Waals surface area (Å²) < 4.78 is 0. The van der Waals surface area contributed by atoms with Crippen molar-refractivity contribution in [2.24, 2.45) is 5.73 Å². The van der Waals surface area contributed by atoms with Gasteiger partial charge < -0.3 is 10.6 Å². The number of benzene rings is 1. The number of nitrogens with two attached hydrogens (primary N) is 1. The van der Waals surface area contributed by atoms with Gasteiger partial charge in [-0.15, -0.1) is 0 Å². The third-order valence-electron chi connectivity index (χ3n) is 3.34. The van der Waals surface area contributed by atoms with Crippen molar-refractivity contribution < 1.29 is 0 Å². The van der Waals surface area contributed by atoms with Gasteiger partial charge in [-0.2, -0.15) is 0 Å². The number of hydrogen-bond donors (Lipinski definition) is 1. The zero-order valence-corrected chi connectivity index (χ0v) is 11.0. The van der Waals surface area contributed by atoms with Gasteiger partial charge in [0.15, 0.2) is 0 Å². The van der Waals surface area contributed by atoms with Crippen LogP contribution in [0.25, 0.3) is 0 Å². The molecular weight excluding hydrogens is 208 g/mol. The van der Waals surface area contributed by atoms with Gasteiger partial charge in [0.2, 0.25) is 0 Å². The number of hydrogen-bond acceptors (Lipinski definition) is 2. The Kier molecular flexibility index (Phi) is 3.53. The van der Waals surface area contributed by atoms with Crippen molar-refractivity contribution in [3.05, 3.63) is 41.0 Å². The fourth-order valence-corrected chi connectivity index (χ4v) is 2.26. The molecule has 2 rings (SSSR count). The van der Waals surface area contributed by atoms with Crippen molar-refractivity contribution in [3.8, 4) is 0 Å². The van der Waals surface area contributed by atoms with Gasteiger partial charge in [-0.05, 0) is 44.4 Å². The van der Waals surface area contributed by atoms with E-state index >= 15 is 0 Å². The Morgan fingerprint density at radius 2 is 2.24 bits per heavy atom. The quantitative estimate of drug-likeness (QED) is 0.809. The molecule has 0 bridgehead atoms. The van der Waals surface area contributed by atoms with E-state index in [0.717, 1.165) is 19.5 Å². The van der Waals surface area contributed by atoms with E-state index in [4.69, 9.17) is 5.73 Å². The van der Waals surface area contributed by atoms with E-state index < -0.39 is 0 Å². The standard InChI is InChI=1S/C15H22N2/c1-11(2)6-8-17-9-7-14-10-13(12(3)16)4-5-15(14)17/h4-6,10,12H,7-9,16H2,1-3H3. The van der Waals surface area contributed by atoms with Gasteiger partial charge in [-0.1, -0.05) is 23.8 Å². The molecule has 1 atom stereocenters. The molecule has 2 heteroatoms. The summed E-state index contributed by atoms with van der Waals surface area (Å²) in [5.41, 5.74) is 11.4. The number of allylic oxidation sites excluding steroid dienone is 1. The molecule has 1 heterocycles. The van der Waals surface area contributed by atoms with Gasteiger partial charge in [0.05, 0.1) is 0 Å². The maximum absolute atomic E-state index is 5.92. The summed E-state index contributed by atoms with van der Waals surface area (Å²) in [5.74, 6) is 0. The van der Waals surface area contributed by atoms with Gasteiger partial charge in [0.25, 0.3) is 0 Å². The lowest BCUT2D eigenvalue weighted by Crippen LogP contribution is -2.20. The Morgan fingerprint density at radius 1 is 1.47 bits per heavy atom. The third kappa shape index (κ3) is 2.70. The smallest absolute Gasteiger partial charge is 0.0402 e. The van der Waals surface area contributed by atoms with E-state index in [1.165, 1.54) is 22.4 Å². The lowest BCUT2D eigenvalue weighted by molar-refractivity contribution is 0.816. The number of rotatable bonds is 3. The van der Waals surface area contributed by atoms with Crippen LogP contribution in [-0.2, 0) is 6.42 Å². The Hall–Kier alpha value is -1.28. The lowest BCUT2D eigenvalue weighted by Gasteiger charge is -2.18. The molecule has 0 fully saturated rings. The minimum atomic E-state index is 0.132. The highest BCUT2D eigenvalue weighted by molar-refractivity contribution is 5.59. The van der Waals surface area contributed by atoms with E-state index in [2.05, 4.69) is 43.0 Å². The van der Waals surface area contributed by atoms with Crippen molar-refractivity contribution in [2.75, 3.05) is 18.0 Å². The fourth-order valence-electron chi connectivity index (χ4n) is 2.26. The van der Waals surface area contributed by atoms with Crippen molar-refractivity contribution in [3.63, 3.8) is 0 Å². The second-order valence-corrected chi connectivity index (χ2v) is 5.15. The number of nitrogens with zero attached hydrogens (tertiary/aromatic N) is 1. The van der Waals surface area contributed by atoms with E-state index in [1.54, 1.807) is 0 Å². The molecule has 0 saturated carbocycles. The van der Waals surface area contributed by atoms with E-state index in [-0.39, 0.29) is 6.04 Å². The molecule has 0 spiro atoms. The van der Waals surface area contributed by atoms with E-state index in [9.17, 15) is 0 Å². The average Bonchev–Trinajstić information content (AvgIpc) is 2.68. The normalized spacial score (nSPS) is 15.6. The topological polar surface area (TPSA) is 29.3 Å². The SMILES string of the molecule is CC(C)=CCN1CCc2cc(C(C)N)ccc21. The molecule has 2 nitrogen and oxygen atoms in total. The first-order valence-electron chi connectivity index (χ1n) is 6.34. The summed E-state index contributed by atoms with van der Waals surface area (Å²) in [6.45, 7) is 8.48. The fraction of sp³-hybridized carbons (Fsp3) is 0.467. The summed E-state index contributed by atoms with van der Waals surface area (Å²) in [7, 11) is 0.